The maximum absolute atomic E-state index is 13.2. The fraction of sp³-hybridized carbons (Fsp3) is 0.321. The number of carbonyl (C=O) groups excluding carboxylic acids is 1. The highest BCUT2D eigenvalue weighted by molar-refractivity contribution is 9.10. The van der Waals surface area contributed by atoms with Crippen LogP contribution in [0.15, 0.2) is 89.4 Å². The summed E-state index contributed by atoms with van der Waals surface area (Å²) in [6.07, 6.45) is -1.48. The second kappa shape index (κ2) is 10.9. The zero-order chi connectivity index (χ0) is 24.2. The van der Waals surface area contributed by atoms with E-state index in [-0.39, 0.29) is 30.9 Å². The Balaban J connectivity index is 1.42. The fourth-order valence-electron chi connectivity index (χ4n) is 5.06. The molecule has 0 unspecified atom stereocenters. The molecule has 6 nitrogen and oxygen atoms in total. The van der Waals surface area contributed by atoms with Crippen molar-refractivity contribution in [2.75, 3.05) is 20.2 Å². The van der Waals surface area contributed by atoms with E-state index in [2.05, 4.69) is 51.2 Å². The number of fused-ring (bicyclic) bond motifs is 2. The molecule has 2 bridgehead atoms. The summed E-state index contributed by atoms with van der Waals surface area (Å²) in [6.45, 7) is 2.10. The molecule has 0 N–H and O–H groups in total. The van der Waals surface area contributed by atoms with Gasteiger partial charge in [-0.15, -0.1) is 0 Å². The Morgan fingerprint density at radius 1 is 0.943 bits per heavy atom. The Morgan fingerprint density at radius 2 is 1.60 bits per heavy atom. The van der Waals surface area contributed by atoms with Crippen LogP contribution in [-0.4, -0.2) is 54.5 Å². The molecule has 7 heteroatoms. The van der Waals surface area contributed by atoms with Crippen LogP contribution < -0.4 is 0 Å². The van der Waals surface area contributed by atoms with Crippen LogP contribution >= 0.6 is 15.9 Å². The lowest BCUT2D eigenvalue weighted by Crippen LogP contribution is -2.66. The molecule has 3 aromatic rings. The summed E-state index contributed by atoms with van der Waals surface area (Å²) in [5.74, 6) is 0. The van der Waals surface area contributed by atoms with Gasteiger partial charge < -0.3 is 14.2 Å². The van der Waals surface area contributed by atoms with Gasteiger partial charge in [0.05, 0.1) is 18.7 Å². The van der Waals surface area contributed by atoms with Gasteiger partial charge in [-0.05, 0) is 22.8 Å². The van der Waals surface area contributed by atoms with Crippen molar-refractivity contribution in [2.24, 2.45) is 0 Å². The van der Waals surface area contributed by atoms with Gasteiger partial charge in [0.2, 0.25) is 0 Å². The van der Waals surface area contributed by atoms with Crippen LogP contribution in [0.1, 0.15) is 22.7 Å². The normalized spacial score (nSPS) is 24.2. The van der Waals surface area contributed by atoms with E-state index in [1.54, 1.807) is 12.0 Å². The molecule has 4 atom stereocenters. The van der Waals surface area contributed by atoms with E-state index in [1.165, 1.54) is 5.56 Å². The molecule has 0 saturated carbocycles. The van der Waals surface area contributed by atoms with Gasteiger partial charge in [0.1, 0.15) is 12.7 Å². The predicted molar refractivity (Wildman–Crippen MR) is 137 cm³/mol. The smallest absolute Gasteiger partial charge is 0.412 e. The number of methoxy groups -OCH3 is 1. The van der Waals surface area contributed by atoms with Gasteiger partial charge in [-0.25, -0.2) is 4.79 Å². The summed E-state index contributed by atoms with van der Waals surface area (Å²) in [7, 11) is 1.62. The Bertz CT molecular complexity index is 1130. The van der Waals surface area contributed by atoms with E-state index in [0.29, 0.717) is 13.1 Å². The van der Waals surface area contributed by atoms with Gasteiger partial charge in [0.15, 0.2) is 6.23 Å². The van der Waals surface area contributed by atoms with Crippen LogP contribution in [-0.2, 0) is 27.4 Å². The topological polar surface area (TPSA) is 51.2 Å². The zero-order valence-electron chi connectivity index (χ0n) is 19.6. The van der Waals surface area contributed by atoms with Crippen molar-refractivity contribution in [1.82, 2.24) is 9.80 Å². The quantitative estimate of drug-likeness (QED) is 0.423. The number of carbonyl (C=O) groups is 1. The highest BCUT2D eigenvalue weighted by Gasteiger charge is 2.50. The van der Waals surface area contributed by atoms with Crippen LogP contribution in [0, 0.1) is 0 Å². The van der Waals surface area contributed by atoms with Gasteiger partial charge in [0.25, 0.3) is 0 Å². The lowest BCUT2D eigenvalue weighted by Gasteiger charge is -2.53. The van der Waals surface area contributed by atoms with Gasteiger partial charge in [-0.3, -0.25) is 9.80 Å². The molecule has 0 aromatic heterocycles. The van der Waals surface area contributed by atoms with Crippen LogP contribution in [0.2, 0.25) is 0 Å². The Kier molecular flexibility index (Phi) is 7.48. The summed E-state index contributed by atoms with van der Waals surface area (Å²) < 4.78 is 19.1. The standard InChI is InChI=1S/C28H29BrN2O4/c1-33-27-26-25(23-14-8-9-15-24(23)29)30(16-20-10-4-2-5-11-20)17-22(35-26)18-31(27)28(32)34-19-21-12-6-3-7-13-21/h2-15,22,25-27H,16-19H2,1H3/t22-,25+,26+,27+/m0/s1. The minimum Gasteiger partial charge on any atom is -0.444 e. The third-order valence-corrected chi connectivity index (χ3v) is 7.34. The number of benzene rings is 3. The highest BCUT2D eigenvalue weighted by Crippen LogP contribution is 2.41. The van der Waals surface area contributed by atoms with E-state index in [9.17, 15) is 4.79 Å². The molecule has 5 rings (SSSR count). The average Bonchev–Trinajstić information content (AvgIpc) is 2.89. The summed E-state index contributed by atoms with van der Waals surface area (Å²) in [5.41, 5.74) is 3.29. The van der Waals surface area contributed by atoms with Gasteiger partial charge in [-0.2, -0.15) is 0 Å². The van der Waals surface area contributed by atoms with Crippen molar-refractivity contribution in [3.63, 3.8) is 0 Å². The molecule has 2 aliphatic rings. The largest absolute Gasteiger partial charge is 0.444 e. The molecule has 0 radical (unpaired) electrons. The first-order chi connectivity index (χ1) is 17.1. The zero-order valence-corrected chi connectivity index (χ0v) is 21.2. The molecule has 2 fully saturated rings. The van der Waals surface area contributed by atoms with Crippen molar-refractivity contribution < 1.29 is 19.0 Å². The molecule has 0 spiro atoms. The van der Waals surface area contributed by atoms with Gasteiger partial charge in [-0.1, -0.05) is 94.8 Å². The monoisotopic (exact) mass is 536 g/mol. The SMILES string of the molecule is CO[C@@H]1[C@@H]2O[C@@H](CN(Cc3ccccc3)[C@@H]2c2ccccc2Br)CN1C(=O)OCc1ccccc1. The number of morpholine rings is 2. The van der Waals surface area contributed by atoms with Gasteiger partial charge in [0, 0.05) is 24.7 Å². The second-order valence-electron chi connectivity index (χ2n) is 8.92. The van der Waals surface area contributed by atoms with E-state index in [4.69, 9.17) is 14.2 Å². The summed E-state index contributed by atoms with van der Waals surface area (Å²) in [4.78, 5) is 17.3. The van der Waals surface area contributed by atoms with E-state index >= 15 is 0 Å². The first-order valence-electron chi connectivity index (χ1n) is 11.8. The molecule has 2 saturated heterocycles. The Morgan fingerprint density at radius 3 is 2.29 bits per heavy atom. The molecule has 35 heavy (non-hydrogen) atoms. The molecule has 1 amide bonds. The first kappa shape index (κ1) is 24.0. The fourth-order valence-corrected chi connectivity index (χ4v) is 5.58. The number of rotatable bonds is 6. The number of ether oxygens (including phenoxy) is 3. The summed E-state index contributed by atoms with van der Waals surface area (Å²) in [6, 6.07) is 28.2. The summed E-state index contributed by atoms with van der Waals surface area (Å²) >= 11 is 3.74. The molecule has 0 aliphatic carbocycles. The number of hydrogen-bond acceptors (Lipinski definition) is 5. The number of hydrogen-bond donors (Lipinski definition) is 0. The van der Waals surface area contributed by atoms with E-state index < -0.39 is 6.23 Å². The molecule has 2 aliphatic heterocycles. The van der Waals surface area contributed by atoms with Crippen LogP contribution in [0.25, 0.3) is 0 Å². The van der Waals surface area contributed by atoms with Crippen molar-refractivity contribution >= 4 is 22.0 Å². The lowest BCUT2D eigenvalue weighted by atomic mass is 9.92. The second-order valence-corrected chi connectivity index (χ2v) is 9.78. The van der Waals surface area contributed by atoms with E-state index in [1.807, 2.05) is 54.6 Å². The number of amides is 1. The number of nitrogens with zero attached hydrogens (tertiary/aromatic N) is 2. The molecule has 2 heterocycles. The number of halogens is 1. The van der Waals surface area contributed by atoms with Crippen molar-refractivity contribution in [3.8, 4) is 0 Å². The minimum atomic E-state index is -0.579. The predicted octanol–water partition coefficient (Wildman–Crippen LogP) is 5.38. The van der Waals surface area contributed by atoms with Crippen LogP contribution in [0.5, 0.6) is 0 Å². The van der Waals surface area contributed by atoms with Crippen molar-refractivity contribution in [3.05, 3.63) is 106 Å². The maximum atomic E-state index is 13.2. The molecular weight excluding hydrogens is 508 g/mol. The van der Waals surface area contributed by atoms with Crippen LogP contribution in [0.3, 0.4) is 0 Å². The van der Waals surface area contributed by atoms with Crippen LogP contribution in [0.4, 0.5) is 4.79 Å². The Labute approximate surface area is 214 Å². The average molecular weight is 537 g/mol. The minimum absolute atomic E-state index is 0.114. The van der Waals surface area contributed by atoms with Gasteiger partial charge >= 0.3 is 6.09 Å². The summed E-state index contributed by atoms with van der Waals surface area (Å²) in [5, 5.41) is 0. The Hall–Kier alpha value is -2.71. The molecular formula is C28H29BrN2O4. The molecule has 3 aromatic carbocycles. The molecule has 182 valence electrons. The third-order valence-electron chi connectivity index (χ3n) is 6.61. The third kappa shape index (κ3) is 5.28. The van der Waals surface area contributed by atoms with Crippen molar-refractivity contribution in [1.29, 1.82) is 0 Å². The van der Waals surface area contributed by atoms with Crippen molar-refractivity contribution in [2.45, 2.75) is 37.6 Å². The maximum Gasteiger partial charge on any atom is 0.412 e. The van der Waals surface area contributed by atoms with E-state index in [0.717, 1.165) is 22.1 Å². The lowest BCUT2D eigenvalue weighted by molar-refractivity contribution is -0.241. The first-order valence-corrected chi connectivity index (χ1v) is 12.6. The highest BCUT2D eigenvalue weighted by atomic mass is 79.9.